The second-order valence-corrected chi connectivity index (χ2v) is 8.92. The van der Waals surface area contributed by atoms with Gasteiger partial charge in [-0.2, -0.15) is 0 Å². The predicted molar refractivity (Wildman–Crippen MR) is 114 cm³/mol. The van der Waals surface area contributed by atoms with Crippen molar-refractivity contribution in [3.05, 3.63) is 29.3 Å². The number of rotatable bonds is 7. The monoisotopic (exact) mass is 426 g/mol. The second kappa shape index (κ2) is 8.44. The van der Waals surface area contributed by atoms with Crippen LogP contribution in [-0.2, 0) is 36.8 Å². The number of carbonyl (C=O) groups is 4. The second-order valence-electron chi connectivity index (χ2n) is 8.92. The largest absolute Gasteiger partial charge is 0.454 e. The Labute approximate surface area is 182 Å². The molecule has 2 aliphatic carbocycles. The number of fused-ring (bicyclic) bond motifs is 5. The fraction of sp³-hybridized carbons (Fsp3) is 0.583. The Balaban J connectivity index is 1.37. The van der Waals surface area contributed by atoms with Gasteiger partial charge in [-0.15, -0.1) is 0 Å². The van der Waals surface area contributed by atoms with Crippen molar-refractivity contribution in [1.29, 1.82) is 0 Å². The molecule has 4 rings (SSSR count). The van der Waals surface area contributed by atoms with Crippen molar-refractivity contribution in [2.75, 3.05) is 11.9 Å². The van der Waals surface area contributed by atoms with E-state index < -0.39 is 24.5 Å². The number of nitrogens with zero attached hydrogens (tertiary/aromatic N) is 1. The molecule has 7 nitrogen and oxygen atoms in total. The third-order valence-electron chi connectivity index (χ3n) is 7.30. The molecule has 5 atom stereocenters. The number of aryl methyl sites for hydroxylation is 2. The smallest absolute Gasteiger partial charge is 0.329 e. The van der Waals surface area contributed by atoms with Crippen LogP contribution >= 0.6 is 0 Å². The first-order chi connectivity index (χ1) is 14.9. The lowest BCUT2D eigenvalue weighted by atomic mass is 9.81. The molecule has 1 aromatic carbocycles. The average Bonchev–Trinajstić information content (AvgIpc) is 3.45. The third-order valence-corrected chi connectivity index (χ3v) is 7.30. The van der Waals surface area contributed by atoms with Gasteiger partial charge >= 0.3 is 5.97 Å². The number of likely N-dealkylation sites (tertiary alicyclic amines) is 1. The maximum absolute atomic E-state index is 12.9. The van der Waals surface area contributed by atoms with E-state index >= 15 is 0 Å². The lowest BCUT2D eigenvalue weighted by Crippen LogP contribution is -2.45. The highest BCUT2D eigenvalue weighted by molar-refractivity contribution is 6.08. The summed E-state index contributed by atoms with van der Waals surface area (Å²) in [5.74, 6) is -1.70. The van der Waals surface area contributed by atoms with Crippen molar-refractivity contribution >= 4 is 29.4 Å². The number of amides is 3. The van der Waals surface area contributed by atoms with E-state index in [9.17, 15) is 19.2 Å². The lowest BCUT2D eigenvalue weighted by Gasteiger charge is -2.23. The van der Waals surface area contributed by atoms with Crippen LogP contribution in [0.25, 0.3) is 0 Å². The van der Waals surface area contributed by atoms with Gasteiger partial charge in [0.25, 0.3) is 5.91 Å². The van der Waals surface area contributed by atoms with Gasteiger partial charge in [-0.25, -0.2) is 4.79 Å². The first-order valence-corrected chi connectivity index (χ1v) is 11.3. The molecule has 166 valence electrons. The quantitative estimate of drug-likeness (QED) is 0.535. The Bertz CT molecular complexity index is 876. The van der Waals surface area contributed by atoms with Gasteiger partial charge in [-0.05, 0) is 62.0 Å². The standard InChI is InChI=1S/C24H30N2O5/c1-4-14-7-6-8-15(5-2)21(14)25-18(27)12-31-24(30)13(3)26-22(28)19-16-9-10-17(11-16)20(19)23(26)29/h6-8,13,16-17,19-20H,4-5,9-12H2,1-3H3,(H,25,27)/t13-,16-,17-,19-,20+/m0/s1. The summed E-state index contributed by atoms with van der Waals surface area (Å²) in [6.45, 7) is 5.06. The molecule has 7 heteroatoms. The summed E-state index contributed by atoms with van der Waals surface area (Å²) in [7, 11) is 0. The molecular weight excluding hydrogens is 396 g/mol. The number of esters is 1. The summed E-state index contributed by atoms with van der Waals surface area (Å²) >= 11 is 0. The minimum absolute atomic E-state index is 0.249. The van der Waals surface area contributed by atoms with E-state index in [1.54, 1.807) is 0 Å². The number of anilines is 1. The SMILES string of the molecule is CCc1cccc(CC)c1NC(=O)COC(=O)[C@H](C)N1C(=O)[C@@H]2[C@H]3CC[C@@H](C3)[C@@H]2C1=O. The summed E-state index contributed by atoms with van der Waals surface area (Å²) in [5, 5.41) is 2.85. The van der Waals surface area contributed by atoms with Crippen LogP contribution in [0.3, 0.4) is 0 Å². The molecule has 2 saturated carbocycles. The summed E-state index contributed by atoms with van der Waals surface area (Å²) in [4.78, 5) is 51.8. The van der Waals surface area contributed by atoms with E-state index in [0.29, 0.717) is 0 Å². The van der Waals surface area contributed by atoms with Crippen LogP contribution in [0.15, 0.2) is 18.2 Å². The summed E-state index contributed by atoms with van der Waals surface area (Å²) in [6.07, 6.45) is 4.44. The van der Waals surface area contributed by atoms with Crippen molar-refractivity contribution in [3.63, 3.8) is 0 Å². The fourth-order valence-electron chi connectivity index (χ4n) is 5.75. The number of nitrogens with one attached hydrogen (secondary N) is 1. The molecule has 0 spiro atoms. The average molecular weight is 427 g/mol. The molecule has 1 aliphatic heterocycles. The number of carbonyl (C=O) groups excluding carboxylic acids is 4. The Morgan fingerprint density at radius 2 is 1.61 bits per heavy atom. The molecule has 1 aromatic rings. The summed E-state index contributed by atoms with van der Waals surface area (Å²) in [6, 6.07) is 4.85. The molecular formula is C24H30N2O5. The van der Waals surface area contributed by atoms with Gasteiger partial charge in [-0.1, -0.05) is 32.0 Å². The van der Waals surface area contributed by atoms with E-state index in [2.05, 4.69) is 5.32 Å². The molecule has 1 saturated heterocycles. The van der Waals surface area contributed by atoms with Crippen molar-refractivity contribution in [3.8, 4) is 0 Å². The van der Waals surface area contributed by atoms with Gasteiger partial charge in [0.15, 0.2) is 6.61 Å². The van der Waals surface area contributed by atoms with Crippen LogP contribution in [0.5, 0.6) is 0 Å². The van der Waals surface area contributed by atoms with Gasteiger partial charge in [-0.3, -0.25) is 19.3 Å². The molecule has 3 aliphatic rings. The molecule has 0 radical (unpaired) electrons. The Morgan fingerprint density at radius 1 is 1.06 bits per heavy atom. The normalized spacial score (nSPS) is 27.4. The summed E-state index contributed by atoms with van der Waals surface area (Å²) in [5.41, 5.74) is 2.79. The van der Waals surface area contributed by atoms with E-state index in [1.807, 2.05) is 32.0 Å². The maximum Gasteiger partial charge on any atom is 0.329 e. The number of ether oxygens (including phenoxy) is 1. The highest BCUT2D eigenvalue weighted by atomic mass is 16.5. The van der Waals surface area contributed by atoms with Crippen LogP contribution < -0.4 is 5.32 Å². The lowest BCUT2D eigenvalue weighted by molar-refractivity contribution is -0.159. The molecule has 1 N–H and O–H groups in total. The van der Waals surface area contributed by atoms with Gasteiger partial charge in [0.2, 0.25) is 11.8 Å². The van der Waals surface area contributed by atoms with Gasteiger partial charge in [0.1, 0.15) is 6.04 Å². The van der Waals surface area contributed by atoms with Gasteiger partial charge in [0.05, 0.1) is 11.8 Å². The Kier molecular flexibility index (Phi) is 5.86. The van der Waals surface area contributed by atoms with Gasteiger partial charge in [0, 0.05) is 5.69 Å². The van der Waals surface area contributed by atoms with Gasteiger partial charge < -0.3 is 10.1 Å². The van der Waals surface area contributed by atoms with Crippen LogP contribution in [0.4, 0.5) is 5.69 Å². The number of hydrogen-bond acceptors (Lipinski definition) is 5. The first kappa shape index (κ1) is 21.5. The highest BCUT2D eigenvalue weighted by Crippen LogP contribution is 2.56. The highest BCUT2D eigenvalue weighted by Gasteiger charge is 2.62. The number of benzene rings is 1. The van der Waals surface area contributed by atoms with Crippen molar-refractivity contribution in [2.45, 2.75) is 58.9 Å². The molecule has 3 amide bonds. The zero-order valence-electron chi connectivity index (χ0n) is 18.3. The number of para-hydroxylation sites is 1. The number of hydrogen-bond donors (Lipinski definition) is 1. The van der Waals surface area contributed by atoms with E-state index in [0.717, 1.165) is 53.8 Å². The van der Waals surface area contributed by atoms with Crippen LogP contribution in [-0.4, -0.2) is 41.2 Å². The Hall–Kier alpha value is -2.70. The van der Waals surface area contributed by atoms with Crippen molar-refractivity contribution in [1.82, 2.24) is 4.90 Å². The zero-order chi connectivity index (χ0) is 22.3. The molecule has 2 bridgehead atoms. The van der Waals surface area contributed by atoms with Crippen molar-refractivity contribution < 1.29 is 23.9 Å². The molecule has 0 aromatic heterocycles. The predicted octanol–water partition coefficient (Wildman–Crippen LogP) is 2.71. The van der Waals surface area contributed by atoms with E-state index in [4.69, 9.17) is 4.74 Å². The van der Waals surface area contributed by atoms with Crippen LogP contribution in [0.2, 0.25) is 0 Å². The third kappa shape index (κ3) is 3.64. The van der Waals surface area contributed by atoms with Crippen LogP contribution in [0.1, 0.15) is 51.2 Å². The number of imide groups is 1. The Morgan fingerprint density at radius 3 is 2.13 bits per heavy atom. The molecule has 31 heavy (non-hydrogen) atoms. The summed E-state index contributed by atoms with van der Waals surface area (Å²) < 4.78 is 5.19. The fourth-order valence-corrected chi connectivity index (χ4v) is 5.75. The first-order valence-electron chi connectivity index (χ1n) is 11.3. The topological polar surface area (TPSA) is 92.8 Å². The maximum atomic E-state index is 12.9. The molecule has 1 heterocycles. The van der Waals surface area contributed by atoms with Crippen LogP contribution in [0, 0.1) is 23.7 Å². The molecule has 0 unspecified atom stereocenters. The van der Waals surface area contributed by atoms with Crippen molar-refractivity contribution in [2.24, 2.45) is 23.7 Å². The minimum Gasteiger partial charge on any atom is -0.454 e. The van der Waals surface area contributed by atoms with E-state index in [1.165, 1.54) is 6.92 Å². The minimum atomic E-state index is -1.02. The molecule has 3 fully saturated rings. The van der Waals surface area contributed by atoms with E-state index in [-0.39, 0.29) is 35.5 Å². The zero-order valence-corrected chi connectivity index (χ0v) is 18.3.